The van der Waals surface area contributed by atoms with Crippen LogP contribution in [0.4, 0.5) is 0 Å². The van der Waals surface area contributed by atoms with Gasteiger partial charge in [0.05, 0.1) is 39.7 Å². The highest BCUT2D eigenvalue weighted by Gasteiger charge is 2.45. The third-order valence-corrected chi connectivity index (χ3v) is 7.02. The summed E-state index contributed by atoms with van der Waals surface area (Å²) in [4.78, 5) is 12.1. The Labute approximate surface area is 198 Å². The van der Waals surface area contributed by atoms with Crippen molar-refractivity contribution in [1.29, 1.82) is 0 Å². The van der Waals surface area contributed by atoms with E-state index >= 15 is 0 Å². The second kappa shape index (κ2) is 8.79. The zero-order chi connectivity index (χ0) is 23.1. The quantitative estimate of drug-likeness (QED) is 0.237. The van der Waals surface area contributed by atoms with Crippen LogP contribution in [-0.4, -0.2) is 44.6 Å². The molecular weight excluding hydrogens is 454 g/mol. The Morgan fingerprint density at radius 1 is 1.18 bits per heavy atom. The normalized spacial score (nSPS) is 26.7. The number of fused-ring (bicyclic) bond motifs is 2. The summed E-state index contributed by atoms with van der Waals surface area (Å²) in [6, 6.07) is 15.3. The van der Waals surface area contributed by atoms with Crippen molar-refractivity contribution in [3.63, 3.8) is 0 Å². The van der Waals surface area contributed by atoms with Gasteiger partial charge in [-0.25, -0.2) is 14.6 Å². The van der Waals surface area contributed by atoms with Gasteiger partial charge in [0, 0.05) is 10.5 Å². The van der Waals surface area contributed by atoms with Gasteiger partial charge >= 0.3 is 0 Å². The first-order chi connectivity index (χ1) is 16.7. The molecule has 4 heterocycles. The predicted octanol–water partition coefficient (Wildman–Crippen LogP) is 4.81. The Morgan fingerprint density at radius 3 is 2.91 bits per heavy atom. The highest BCUT2D eigenvalue weighted by atomic mass is 32.1. The Kier molecular flexibility index (Phi) is 5.48. The molecule has 0 N–H and O–H groups in total. The van der Waals surface area contributed by atoms with Crippen molar-refractivity contribution in [2.75, 3.05) is 6.61 Å². The minimum Gasteiger partial charge on any atom is -0.362 e. The van der Waals surface area contributed by atoms with Crippen LogP contribution in [0.1, 0.15) is 35.2 Å². The monoisotopic (exact) mass is 475 g/mol. The second-order valence-corrected chi connectivity index (χ2v) is 9.50. The average molecular weight is 476 g/mol. The number of thiazole rings is 1. The molecule has 2 aromatic carbocycles. The summed E-state index contributed by atoms with van der Waals surface area (Å²) in [5.41, 5.74) is 12.0. The highest BCUT2D eigenvalue weighted by molar-refractivity contribution is 7.18. The van der Waals surface area contributed by atoms with E-state index in [1.54, 1.807) is 16.0 Å². The third-order valence-electron chi connectivity index (χ3n) is 6.09. The minimum atomic E-state index is -0.530. The lowest BCUT2D eigenvalue weighted by molar-refractivity contribution is -0.293. The molecular formula is C23H21N7O3S. The molecule has 2 unspecified atom stereocenters. The molecule has 2 aliphatic rings. The van der Waals surface area contributed by atoms with E-state index in [9.17, 15) is 5.53 Å². The zero-order valence-electron chi connectivity index (χ0n) is 18.3. The number of ether oxygens (including phenoxy) is 3. The Balaban J connectivity index is 1.28. The van der Waals surface area contributed by atoms with E-state index in [2.05, 4.69) is 25.1 Å². The molecule has 2 saturated heterocycles. The first-order valence-electron chi connectivity index (χ1n) is 11.0. The molecule has 2 aromatic heterocycles. The van der Waals surface area contributed by atoms with Crippen LogP contribution in [0.15, 0.2) is 60.0 Å². The van der Waals surface area contributed by atoms with Crippen LogP contribution >= 0.6 is 11.3 Å². The van der Waals surface area contributed by atoms with Crippen molar-refractivity contribution >= 4 is 21.6 Å². The van der Waals surface area contributed by atoms with Crippen molar-refractivity contribution < 1.29 is 14.2 Å². The SMILES string of the molecule is Cc1nc2ccc(-n3ncnc3[C@H]3CC(N=[N+]=[N-])[C@H]4OC(c5ccccc5)OC[C@H]4O3)cc2s1. The summed E-state index contributed by atoms with van der Waals surface area (Å²) in [7, 11) is 0. The fourth-order valence-corrected chi connectivity index (χ4v) is 5.44. The summed E-state index contributed by atoms with van der Waals surface area (Å²) in [5.74, 6) is 0.641. The number of nitrogens with zero attached hydrogens (tertiary/aromatic N) is 7. The lowest BCUT2D eigenvalue weighted by Gasteiger charge is -2.44. The van der Waals surface area contributed by atoms with E-state index in [-0.39, 0.29) is 0 Å². The maximum absolute atomic E-state index is 9.24. The van der Waals surface area contributed by atoms with E-state index in [1.165, 1.54) is 6.33 Å². The third kappa shape index (κ3) is 3.83. The molecule has 0 radical (unpaired) electrons. The van der Waals surface area contributed by atoms with Crippen LogP contribution < -0.4 is 0 Å². The first kappa shape index (κ1) is 21.2. The van der Waals surface area contributed by atoms with Crippen LogP contribution in [0.3, 0.4) is 0 Å². The molecule has 0 saturated carbocycles. The molecule has 6 rings (SSSR count). The Hall–Kier alpha value is -3.34. The number of aromatic nitrogens is 4. The van der Waals surface area contributed by atoms with Gasteiger partial charge in [0.1, 0.15) is 18.5 Å². The number of hydrogen-bond acceptors (Lipinski definition) is 8. The smallest absolute Gasteiger partial charge is 0.184 e. The molecule has 0 aliphatic carbocycles. The lowest BCUT2D eigenvalue weighted by atomic mass is 9.94. The van der Waals surface area contributed by atoms with E-state index in [4.69, 9.17) is 14.2 Å². The van der Waals surface area contributed by atoms with Gasteiger partial charge in [-0.2, -0.15) is 5.10 Å². The average Bonchev–Trinajstić information content (AvgIpc) is 3.50. The van der Waals surface area contributed by atoms with Gasteiger partial charge in [-0.05, 0) is 37.1 Å². The topological polar surface area (TPSA) is 120 Å². The summed E-state index contributed by atoms with van der Waals surface area (Å²) < 4.78 is 21.4. The predicted molar refractivity (Wildman–Crippen MR) is 124 cm³/mol. The van der Waals surface area contributed by atoms with Gasteiger partial charge in [-0.1, -0.05) is 35.4 Å². The molecule has 10 nitrogen and oxygen atoms in total. The second-order valence-electron chi connectivity index (χ2n) is 8.26. The fraction of sp³-hybridized carbons (Fsp3) is 0.348. The van der Waals surface area contributed by atoms with Crippen molar-refractivity contribution in [3.05, 3.63) is 81.7 Å². The number of aryl methyl sites for hydroxylation is 1. The Morgan fingerprint density at radius 2 is 2.06 bits per heavy atom. The maximum Gasteiger partial charge on any atom is 0.184 e. The number of hydrogen-bond donors (Lipinski definition) is 0. The summed E-state index contributed by atoms with van der Waals surface area (Å²) in [6.45, 7) is 2.31. The van der Waals surface area contributed by atoms with Crippen molar-refractivity contribution in [2.45, 2.75) is 44.0 Å². The number of rotatable bonds is 4. The van der Waals surface area contributed by atoms with E-state index in [0.717, 1.165) is 26.5 Å². The zero-order valence-corrected chi connectivity index (χ0v) is 19.1. The largest absolute Gasteiger partial charge is 0.362 e. The maximum atomic E-state index is 9.24. The molecule has 34 heavy (non-hydrogen) atoms. The highest BCUT2D eigenvalue weighted by Crippen LogP contribution is 2.40. The fourth-order valence-electron chi connectivity index (χ4n) is 4.58. The van der Waals surface area contributed by atoms with Crippen LogP contribution in [-0.2, 0) is 14.2 Å². The minimum absolute atomic E-state index is 0.318. The van der Waals surface area contributed by atoms with Crippen LogP contribution in [0.5, 0.6) is 0 Å². The molecule has 2 fully saturated rings. The molecule has 0 amide bonds. The van der Waals surface area contributed by atoms with Gasteiger partial charge in [-0.3, -0.25) is 0 Å². The summed E-state index contributed by atoms with van der Waals surface area (Å²) in [5, 5.41) is 9.51. The molecule has 2 aliphatic heterocycles. The van der Waals surface area contributed by atoms with Crippen molar-refractivity contribution in [3.8, 4) is 5.69 Å². The number of azide groups is 1. The van der Waals surface area contributed by atoms with Crippen LogP contribution in [0.2, 0.25) is 0 Å². The van der Waals surface area contributed by atoms with Gasteiger partial charge in [0.2, 0.25) is 0 Å². The summed E-state index contributed by atoms with van der Waals surface area (Å²) in [6.07, 6.45) is 0.156. The van der Waals surface area contributed by atoms with E-state index in [1.807, 2.05) is 55.5 Å². The summed E-state index contributed by atoms with van der Waals surface area (Å²) >= 11 is 1.63. The van der Waals surface area contributed by atoms with Crippen molar-refractivity contribution in [1.82, 2.24) is 19.7 Å². The van der Waals surface area contributed by atoms with Gasteiger partial charge in [0.25, 0.3) is 0 Å². The Bertz CT molecular complexity index is 1370. The van der Waals surface area contributed by atoms with Gasteiger partial charge in [0.15, 0.2) is 12.1 Å². The molecule has 0 spiro atoms. The molecule has 5 atom stereocenters. The number of benzene rings is 2. The molecule has 4 aromatic rings. The van der Waals surface area contributed by atoms with E-state index < -0.39 is 30.6 Å². The van der Waals surface area contributed by atoms with Crippen LogP contribution in [0.25, 0.3) is 26.3 Å². The van der Waals surface area contributed by atoms with Gasteiger partial charge < -0.3 is 14.2 Å². The molecule has 0 bridgehead atoms. The molecule has 172 valence electrons. The van der Waals surface area contributed by atoms with Crippen LogP contribution in [0, 0.1) is 6.92 Å². The van der Waals surface area contributed by atoms with Crippen molar-refractivity contribution in [2.24, 2.45) is 5.11 Å². The first-order valence-corrected chi connectivity index (χ1v) is 11.8. The van der Waals surface area contributed by atoms with E-state index in [0.29, 0.717) is 18.9 Å². The lowest BCUT2D eigenvalue weighted by Crippen LogP contribution is -2.52. The van der Waals surface area contributed by atoms with Gasteiger partial charge in [-0.15, -0.1) is 11.3 Å². The molecule has 11 heteroatoms. The standard InChI is InChI=1S/C23H21N7O3S/c1-13-27-16-8-7-15(9-20(16)34-13)30-22(25-12-26-30)18-10-17(28-29-24)21-19(32-18)11-31-23(33-21)14-5-3-2-4-6-14/h2-9,12,17-19,21,23H,10-11H2,1H3/t17?,18-,19-,21-,23?/m1/s1.